The predicted molar refractivity (Wildman–Crippen MR) is 126 cm³/mol. The van der Waals surface area contributed by atoms with E-state index >= 15 is 0 Å². The zero-order chi connectivity index (χ0) is 25.4. The second-order valence-electron chi connectivity index (χ2n) is 7.94. The number of benzene rings is 2. The molecule has 0 saturated carbocycles. The van der Waals surface area contributed by atoms with Gasteiger partial charge < -0.3 is 15.3 Å². The van der Waals surface area contributed by atoms with Crippen LogP contribution in [0, 0.1) is 17.5 Å². The zero-order valence-corrected chi connectivity index (χ0v) is 18.4. The average Bonchev–Trinajstić information content (AvgIpc) is 3.34. The smallest absolute Gasteiger partial charge is 0.355 e. The van der Waals surface area contributed by atoms with Gasteiger partial charge in [-0.05, 0) is 42.0 Å². The topological polar surface area (TPSA) is 118 Å². The fraction of sp³-hybridized carbons (Fsp3) is 0.0833. The van der Waals surface area contributed by atoms with Gasteiger partial charge in [-0.2, -0.15) is 4.98 Å². The SMILES string of the molecule is O=c1[nH]cccc1Cn1c(=O)nc(Nc2cccc3[nH]ccc23)n(Cc2cc(F)c(F)c(F)c2)c1=O. The summed E-state index contributed by atoms with van der Waals surface area (Å²) in [5, 5.41) is 3.67. The van der Waals surface area contributed by atoms with Crippen molar-refractivity contribution < 1.29 is 13.2 Å². The Labute approximate surface area is 199 Å². The Balaban J connectivity index is 1.66. The van der Waals surface area contributed by atoms with E-state index in [-0.39, 0.29) is 23.6 Å². The van der Waals surface area contributed by atoms with Crippen molar-refractivity contribution >= 4 is 22.5 Å². The quantitative estimate of drug-likeness (QED) is 0.314. The number of nitrogens with zero attached hydrogens (tertiary/aromatic N) is 3. The van der Waals surface area contributed by atoms with Crippen molar-refractivity contribution in [2.45, 2.75) is 13.1 Å². The summed E-state index contributed by atoms with van der Waals surface area (Å²) in [6, 6.07) is 11.5. The number of halogens is 3. The molecule has 5 rings (SSSR count). The van der Waals surface area contributed by atoms with Crippen LogP contribution in [0.2, 0.25) is 0 Å². The number of nitrogens with one attached hydrogen (secondary N) is 3. The van der Waals surface area contributed by atoms with Crippen molar-refractivity contribution in [2.24, 2.45) is 0 Å². The summed E-state index contributed by atoms with van der Waals surface area (Å²) in [6.07, 6.45) is 3.10. The van der Waals surface area contributed by atoms with Crippen LogP contribution >= 0.6 is 0 Å². The largest absolute Gasteiger partial charge is 0.361 e. The van der Waals surface area contributed by atoms with E-state index in [1.54, 1.807) is 24.4 Å². The van der Waals surface area contributed by atoms with E-state index < -0.39 is 40.9 Å². The summed E-state index contributed by atoms with van der Waals surface area (Å²) in [7, 11) is 0. The highest BCUT2D eigenvalue weighted by Gasteiger charge is 2.18. The Bertz CT molecular complexity index is 1760. The van der Waals surface area contributed by atoms with Crippen LogP contribution < -0.4 is 22.3 Å². The molecule has 0 saturated heterocycles. The third-order valence-electron chi connectivity index (χ3n) is 5.60. The molecule has 0 bridgehead atoms. The van der Waals surface area contributed by atoms with Gasteiger partial charge in [-0.3, -0.25) is 9.36 Å². The molecule has 36 heavy (non-hydrogen) atoms. The van der Waals surface area contributed by atoms with Crippen molar-refractivity contribution in [1.82, 2.24) is 24.1 Å². The Morgan fingerprint density at radius 2 is 1.64 bits per heavy atom. The Hall–Kier alpha value is -4.87. The van der Waals surface area contributed by atoms with Gasteiger partial charge in [-0.15, -0.1) is 0 Å². The normalized spacial score (nSPS) is 11.2. The molecule has 0 aliphatic heterocycles. The monoisotopic (exact) mass is 494 g/mol. The van der Waals surface area contributed by atoms with Gasteiger partial charge in [-0.1, -0.05) is 12.1 Å². The molecule has 0 radical (unpaired) electrons. The van der Waals surface area contributed by atoms with Crippen LogP contribution in [-0.2, 0) is 13.1 Å². The Kier molecular flexibility index (Phi) is 5.76. The fourth-order valence-corrected chi connectivity index (χ4v) is 3.85. The third kappa shape index (κ3) is 4.19. The molecule has 0 spiro atoms. The van der Waals surface area contributed by atoms with E-state index in [2.05, 4.69) is 20.3 Å². The molecule has 5 aromatic rings. The van der Waals surface area contributed by atoms with Gasteiger partial charge in [0.25, 0.3) is 5.56 Å². The lowest BCUT2D eigenvalue weighted by Gasteiger charge is -2.16. The number of rotatable bonds is 6. The highest BCUT2D eigenvalue weighted by Crippen LogP contribution is 2.25. The third-order valence-corrected chi connectivity index (χ3v) is 5.60. The molecule has 0 amide bonds. The van der Waals surface area contributed by atoms with Crippen molar-refractivity contribution in [1.29, 1.82) is 0 Å². The predicted octanol–water partition coefficient (Wildman–Crippen LogP) is 2.83. The van der Waals surface area contributed by atoms with Crippen LogP contribution in [0.4, 0.5) is 24.8 Å². The van der Waals surface area contributed by atoms with Crippen LogP contribution in [-0.4, -0.2) is 24.1 Å². The molecule has 182 valence electrons. The van der Waals surface area contributed by atoms with Gasteiger partial charge in [-0.25, -0.2) is 27.3 Å². The van der Waals surface area contributed by atoms with Crippen LogP contribution in [0.15, 0.2) is 75.3 Å². The maximum Gasteiger partial charge on any atom is 0.355 e. The molecule has 3 heterocycles. The highest BCUT2D eigenvalue weighted by atomic mass is 19.2. The molecule has 2 aromatic carbocycles. The first kappa shape index (κ1) is 22.9. The molecular weight excluding hydrogens is 477 g/mol. The first-order chi connectivity index (χ1) is 17.3. The molecule has 9 nitrogen and oxygen atoms in total. The van der Waals surface area contributed by atoms with Crippen molar-refractivity contribution in [2.75, 3.05) is 5.32 Å². The Morgan fingerprint density at radius 1 is 0.861 bits per heavy atom. The molecule has 0 aliphatic carbocycles. The molecule has 0 aliphatic rings. The summed E-state index contributed by atoms with van der Waals surface area (Å²) in [5.74, 6) is -4.71. The number of hydrogen-bond acceptors (Lipinski definition) is 5. The van der Waals surface area contributed by atoms with Crippen LogP contribution in [0.5, 0.6) is 0 Å². The van der Waals surface area contributed by atoms with E-state index in [9.17, 15) is 27.6 Å². The van der Waals surface area contributed by atoms with E-state index in [1.807, 2.05) is 6.07 Å². The Morgan fingerprint density at radius 3 is 2.39 bits per heavy atom. The minimum atomic E-state index is -1.64. The molecule has 0 unspecified atom stereocenters. The van der Waals surface area contributed by atoms with Crippen LogP contribution in [0.25, 0.3) is 10.9 Å². The summed E-state index contributed by atoms with van der Waals surface area (Å²) < 4.78 is 42.9. The zero-order valence-electron chi connectivity index (χ0n) is 18.4. The first-order valence-corrected chi connectivity index (χ1v) is 10.7. The number of anilines is 2. The van der Waals surface area contributed by atoms with Crippen LogP contribution in [0.3, 0.4) is 0 Å². The van der Waals surface area contributed by atoms with Gasteiger partial charge in [0.05, 0.1) is 18.8 Å². The second kappa shape index (κ2) is 9.06. The molecule has 3 aromatic heterocycles. The maximum absolute atomic E-state index is 13.9. The van der Waals surface area contributed by atoms with Crippen molar-refractivity contribution in [3.63, 3.8) is 0 Å². The van der Waals surface area contributed by atoms with Gasteiger partial charge in [0.15, 0.2) is 17.5 Å². The fourth-order valence-electron chi connectivity index (χ4n) is 3.85. The molecule has 12 heteroatoms. The summed E-state index contributed by atoms with van der Waals surface area (Å²) in [4.78, 5) is 47.9. The lowest BCUT2D eigenvalue weighted by Crippen LogP contribution is -2.43. The first-order valence-electron chi connectivity index (χ1n) is 10.7. The summed E-state index contributed by atoms with van der Waals surface area (Å²) in [6.45, 7) is -0.836. The van der Waals surface area contributed by atoms with E-state index in [0.29, 0.717) is 5.69 Å². The van der Waals surface area contributed by atoms with E-state index in [4.69, 9.17) is 0 Å². The minimum absolute atomic E-state index is 0.0824. The summed E-state index contributed by atoms with van der Waals surface area (Å²) >= 11 is 0. The number of H-pyrrole nitrogens is 2. The van der Waals surface area contributed by atoms with Crippen LogP contribution in [0.1, 0.15) is 11.1 Å². The standard InChI is InChI=1S/C24H17F3N6O3/c25-16-9-13(10-17(26)20(16)27)11-32-22(30-19-5-1-4-18-15(19)6-8-28-18)31-23(35)33(24(32)36)12-14-3-2-7-29-21(14)34/h1-10,28H,11-12H2,(H,29,34)(H,30,31,35). The average molecular weight is 494 g/mol. The number of hydrogen-bond donors (Lipinski definition) is 3. The lowest BCUT2D eigenvalue weighted by atomic mass is 10.2. The number of pyridine rings is 1. The lowest BCUT2D eigenvalue weighted by molar-refractivity contribution is 0.444. The number of aromatic amines is 2. The minimum Gasteiger partial charge on any atom is -0.361 e. The number of fused-ring (bicyclic) bond motifs is 1. The summed E-state index contributed by atoms with van der Waals surface area (Å²) in [5.41, 5.74) is -1.02. The van der Waals surface area contributed by atoms with Gasteiger partial charge >= 0.3 is 11.4 Å². The molecule has 0 atom stereocenters. The van der Waals surface area contributed by atoms with Gasteiger partial charge in [0.2, 0.25) is 5.95 Å². The van der Waals surface area contributed by atoms with E-state index in [1.165, 1.54) is 18.3 Å². The molecule has 3 N–H and O–H groups in total. The second-order valence-corrected chi connectivity index (χ2v) is 7.94. The molecular formula is C24H17F3N6O3. The molecule has 0 fully saturated rings. The van der Waals surface area contributed by atoms with Gasteiger partial charge in [0.1, 0.15) is 0 Å². The highest BCUT2D eigenvalue weighted by molar-refractivity contribution is 5.93. The van der Waals surface area contributed by atoms with Crippen molar-refractivity contribution in [3.05, 3.63) is 121 Å². The van der Waals surface area contributed by atoms with Crippen molar-refractivity contribution in [3.8, 4) is 0 Å². The number of aromatic nitrogens is 5. The van der Waals surface area contributed by atoms with E-state index in [0.717, 1.165) is 32.2 Å². The van der Waals surface area contributed by atoms with Gasteiger partial charge in [0, 0.05) is 28.9 Å². The maximum atomic E-state index is 13.9.